The molecule has 0 heterocycles. The van der Waals surface area contributed by atoms with Crippen molar-refractivity contribution < 1.29 is 4.74 Å². The van der Waals surface area contributed by atoms with E-state index < -0.39 is 0 Å². The van der Waals surface area contributed by atoms with E-state index in [0.717, 1.165) is 30.0 Å². The molecule has 1 aromatic rings. The normalized spacial score (nSPS) is 28.5. The van der Waals surface area contributed by atoms with Gasteiger partial charge in [0.2, 0.25) is 0 Å². The largest absolute Gasteiger partial charge is 0.491 e. The van der Waals surface area contributed by atoms with Crippen LogP contribution in [0, 0.1) is 17.8 Å². The van der Waals surface area contributed by atoms with Crippen molar-refractivity contribution in [3.8, 4) is 5.75 Å². The topological polar surface area (TPSA) is 21.3 Å². The molecule has 21 heavy (non-hydrogen) atoms. The Hall–Kier alpha value is -1.02. The van der Waals surface area contributed by atoms with Gasteiger partial charge in [-0.1, -0.05) is 19.1 Å². The van der Waals surface area contributed by atoms with Crippen LogP contribution in [0.25, 0.3) is 0 Å². The first-order chi connectivity index (χ1) is 10.2. The molecule has 0 amide bonds. The molecule has 2 fully saturated rings. The van der Waals surface area contributed by atoms with Gasteiger partial charge < -0.3 is 10.1 Å². The Morgan fingerprint density at radius 2 is 1.76 bits per heavy atom. The molecule has 116 valence electrons. The maximum absolute atomic E-state index is 5.76. The molecule has 0 radical (unpaired) electrons. The molecule has 0 aliphatic heterocycles. The summed E-state index contributed by atoms with van der Waals surface area (Å²) in [5.41, 5.74) is 1.44. The van der Waals surface area contributed by atoms with Crippen LogP contribution < -0.4 is 10.1 Å². The van der Waals surface area contributed by atoms with Crippen LogP contribution >= 0.6 is 0 Å². The molecule has 3 rings (SSSR count). The number of benzene rings is 1. The molecule has 0 aromatic heterocycles. The fourth-order valence-corrected chi connectivity index (χ4v) is 3.92. The molecule has 1 aromatic carbocycles. The van der Waals surface area contributed by atoms with E-state index >= 15 is 0 Å². The second-order valence-electron chi connectivity index (χ2n) is 7.15. The van der Waals surface area contributed by atoms with E-state index in [1.807, 2.05) is 0 Å². The van der Waals surface area contributed by atoms with Gasteiger partial charge in [-0.25, -0.2) is 0 Å². The second kappa shape index (κ2) is 6.39. The van der Waals surface area contributed by atoms with Crippen molar-refractivity contribution in [2.24, 2.45) is 17.8 Å². The van der Waals surface area contributed by atoms with Gasteiger partial charge in [0.05, 0.1) is 6.10 Å². The fraction of sp³-hybridized carbons (Fsp3) is 0.684. The number of nitrogens with one attached hydrogen (secondary N) is 1. The molecule has 1 N–H and O–H groups in total. The van der Waals surface area contributed by atoms with Gasteiger partial charge in [0.25, 0.3) is 0 Å². The summed E-state index contributed by atoms with van der Waals surface area (Å²) < 4.78 is 5.76. The Morgan fingerprint density at radius 1 is 1.10 bits per heavy atom. The molecule has 2 saturated carbocycles. The number of hydrogen-bond acceptors (Lipinski definition) is 2. The monoisotopic (exact) mass is 287 g/mol. The fourth-order valence-electron chi connectivity index (χ4n) is 3.92. The summed E-state index contributed by atoms with van der Waals surface area (Å²) in [6.45, 7) is 7.51. The third kappa shape index (κ3) is 3.60. The van der Waals surface area contributed by atoms with E-state index in [4.69, 9.17) is 4.74 Å². The maximum Gasteiger partial charge on any atom is 0.119 e. The quantitative estimate of drug-likeness (QED) is 0.793. The average Bonchev–Trinajstić information content (AvgIpc) is 3.07. The molecular weight excluding hydrogens is 258 g/mol. The zero-order chi connectivity index (χ0) is 14.8. The molecule has 3 atom stereocenters. The zero-order valence-corrected chi connectivity index (χ0v) is 13.6. The van der Waals surface area contributed by atoms with Gasteiger partial charge in [0.15, 0.2) is 0 Å². The summed E-state index contributed by atoms with van der Waals surface area (Å²) in [5.74, 6) is 3.91. The summed E-state index contributed by atoms with van der Waals surface area (Å²) in [6.07, 6.45) is 5.79. The van der Waals surface area contributed by atoms with Crippen molar-refractivity contribution in [3.05, 3.63) is 29.8 Å². The van der Waals surface area contributed by atoms with Crippen molar-refractivity contribution in [1.82, 2.24) is 5.32 Å². The van der Waals surface area contributed by atoms with E-state index in [1.165, 1.54) is 31.2 Å². The van der Waals surface area contributed by atoms with Crippen molar-refractivity contribution in [2.45, 2.75) is 58.6 Å². The standard InChI is InChI=1S/C19H29NO/c1-4-9-20-19(17-11-15-10-16(15)12-17)14-5-7-18(8-6-14)21-13(2)3/h5-8,13,15-17,19-20H,4,9-12H2,1-3H3. The minimum Gasteiger partial charge on any atom is -0.491 e. The summed E-state index contributed by atoms with van der Waals surface area (Å²) in [4.78, 5) is 0. The van der Waals surface area contributed by atoms with E-state index in [9.17, 15) is 0 Å². The summed E-state index contributed by atoms with van der Waals surface area (Å²) in [5, 5.41) is 3.79. The molecule has 3 unspecified atom stereocenters. The van der Waals surface area contributed by atoms with E-state index in [1.54, 1.807) is 0 Å². The lowest BCUT2D eigenvalue weighted by atomic mass is 9.89. The van der Waals surface area contributed by atoms with Gasteiger partial charge in [0.1, 0.15) is 5.75 Å². The summed E-state index contributed by atoms with van der Waals surface area (Å²) in [6, 6.07) is 9.31. The average molecular weight is 287 g/mol. The summed E-state index contributed by atoms with van der Waals surface area (Å²) in [7, 11) is 0. The lowest BCUT2D eigenvalue weighted by Gasteiger charge is -2.27. The first kappa shape index (κ1) is 14.9. The van der Waals surface area contributed by atoms with Crippen LogP contribution in [-0.4, -0.2) is 12.6 Å². The van der Waals surface area contributed by atoms with Crippen LogP contribution in [0.5, 0.6) is 5.75 Å². The minimum atomic E-state index is 0.242. The summed E-state index contributed by atoms with van der Waals surface area (Å²) >= 11 is 0. The molecule has 2 heteroatoms. The highest BCUT2D eigenvalue weighted by molar-refractivity contribution is 5.30. The maximum atomic E-state index is 5.76. The van der Waals surface area contributed by atoms with Gasteiger partial charge in [-0.15, -0.1) is 0 Å². The first-order valence-electron chi connectivity index (χ1n) is 8.67. The first-order valence-corrected chi connectivity index (χ1v) is 8.67. The third-order valence-corrected chi connectivity index (χ3v) is 4.98. The zero-order valence-electron chi connectivity index (χ0n) is 13.6. The minimum absolute atomic E-state index is 0.242. The van der Waals surface area contributed by atoms with Crippen LogP contribution in [-0.2, 0) is 0 Å². The Bertz CT molecular complexity index is 443. The third-order valence-electron chi connectivity index (χ3n) is 4.98. The van der Waals surface area contributed by atoms with Gasteiger partial charge in [-0.3, -0.25) is 0 Å². The molecule has 0 saturated heterocycles. The highest BCUT2D eigenvalue weighted by Crippen LogP contribution is 2.57. The highest BCUT2D eigenvalue weighted by atomic mass is 16.5. The lowest BCUT2D eigenvalue weighted by Crippen LogP contribution is -2.28. The molecular formula is C19H29NO. The van der Waals surface area contributed by atoms with Crippen LogP contribution in [0.1, 0.15) is 58.1 Å². The molecule has 2 aliphatic carbocycles. The van der Waals surface area contributed by atoms with Gasteiger partial charge in [-0.2, -0.15) is 0 Å². The van der Waals surface area contributed by atoms with Crippen LogP contribution in [0.4, 0.5) is 0 Å². The predicted molar refractivity (Wildman–Crippen MR) is 87.6 cm³/mol. The van der Waals surface area contributed by atoms with Crippen molar-refractivity contribution >= 4 is 0 Å². The van der Waals surface area contributed by atoms with E-state index in [2.05, 4.69) is 50.4 Å². The van der Waals surface area contributed by atoms with Gasteiger partial charge in [0, 0.05) is 6.04 Å². The lowest BCUT2D eigenvalue weighted by molar-refractivity contribution is 0.242. The second-order valence-corrected chi connectivity index (χ2v) is 7.15. The van der Waals surface area contributed by atoms with Crippen LogP contribution in [0.3, 0.4) is 0 Å². The van der Waals surface area contributed by atoms with Crippen LogP contribution in [0.2, 0.25) is 0 Å². The van der Waals surface area contributed by atoms with Crippen molar-refractivity contribution in [2.75, 3.05) is 6.54 Å². The molecule has 2 nitrogen and oxygen atoms in total. The Balaban J connectivity index is 1.69. The Labute approximate surface area is 129 Å². The van der Waals surface area contributed by atoms with E-state index in [0.29, 0.717) is 6.04 Å². The smallest absolute Gasteiger partial charge is 0.119 e. The number of ether oxygens (including phenoxy) is 1. The Kier molecular flexibility index (Phi) is 4.54. The predicted octanol–water partition coefficient (Wildman–Crippen LogP) is 4.56. The number of rotatable bonds is 7. The molecule has 0 bridgehead atoms. The number of fused-ring (bicyclic) bond motifs is 1. The SMILES string of the molecule is CCCNC(c1ccc(OC(C)C)cc1)C1CC2CC2C1. The number of hydrogen-bond donors (Lipinski definition) is 1. The molecule has 0 spiro atoms. The Morgan fingerprint density at radius 3 is 2.33 bits per heavy atom. The van der Waals surface area contributed by atoms with Crippen LogP contribution in [0.15, 0.2) is 24.3 Å². The van der Waals surface area contributed by atoms with Gasteiger partial charge >= 0.3 is 0 Å². The van der Waals surface area contributed by atoms with Crippen molar-refractivity contribution in [1.29, 1.82) is 0 Å². The highest BCUT2D eigenvalue weighted by Gasteiger charge is 2.47. The van der Waals surface area contributed by atoms with E-state index in [-0.39, 0.29) is 6.10 Å². The van der Waals surface area contributed by atoms with Gasteiger partial charge in [-0.05, 0) is 81.5 Å². The van der Waals surface area contributed by atoms with Crippen molar-refractivity contribution in [3.63, 3.8) is 0 Å². The molecule has 2 aliphatic rings.